The predicted octanol–water partition coefficient (Wildman–Crippen LogP) is 0.853. The Bertz CT molecular complexity index is 410. The molecule has 0 aliphatic carbocycles. The topological polar surface area (TPSA) is 77.9 Å². The Balaban J connectivity index is 2.10. The molecule has 20 heavy (non-hydrogen) atoms. The summed E-state index contributed by atoms with van der Waals surface area (Å²) in [6.45, 7) is 3.11. The van der Waals surface area contributed by atoms with Crippen LogP contribution >= 0.6 is 0 Å². The van der Waals surface area contributed by atoms with Crippen LogP contribution in [0.4, 0.5) is 0 Å². The van der Waals surface area contributed by atoms with Crippen LogP contribution in [0.2, 0.25) is 0 Å². The molecule has 2 atom stereocenters. The number of piperidine rings is 1. The van der Waals surface area contributed by atoms with Crippen LogP contribution in [0.1, 0.15) is 45.4 Å². The molecule has 1 N–H and O–H groups in total. The van der Waals surface area contributed by atoms with Crippen molar-refractivity contribution < 1.29 is 19.5 Å². The third-order valence-electron chi connectivity index (χ3n) is 4.15. The number of nitrogens with zero attached hydrogens (tertiary/aromatic N) is 2. The van der Waals surface area contributed by atoms with Crippen molar-refractivity contribution in [2.24, 2.45) is 0 Å². The summed E-state index contributed by atoms with van der Waals surface area (Å²) in [7, 11) is 0. The summed E-state index contributed by atoms with van der Waals surface area (Å²) >= 11 is 0. The summed E-state index contributed by atoms with van der Waals surface area (Å²) in [4.78, 5) is 38.5. The predicted molar refractivity (Wildman–Crippen MR) is 72.0 cm³/mol. The highest BCUT2D eigenvalue weighted by atomic mass is 16.4. The number of carbonyl (C=O) groups excluding carboxylic acids is 2. The SMILES string of the molecule is CCCN1C(=O)CC(N2CCCCC2CC(=O)O)C1=O. The van der Waals surface area contributed by atoms with Gasteiger partial charge in [0.1, 0.15) is 0 Å². The molecule has 0 aromatic heterocycles. The Labute approximate surface area is 118 Å². The van der Waals surface area contributed by atoms with Gasteiger partial charge in [0, 0.05) is 12.6 Å². The van der Waals surface area contributed by atoms with Gasteiger partial charge in [-0.1, -0.05) is 13.3 Å². The van der Waals surface area contributed by atoms with Crippen molar-refractivity contribution in [1.82, 2.24) is 9.80 Å². The molecular formula is C14H22N2O4. The molecule has 6 nitrogen and oxygen atoms in total. The summed E-state index contributed by atoms with van der Waals surface area (Å²) in [5.41, 5.74) is 0. The first-order chi connectivity index (χ1) is 9.54. The third kappa shape index (κ3) is 3.00. The molecule has 0 bridgehead atoms. The number of imide groups is 1. The van der Waals surface area contributed by atoms with Crippen molar-refractivity contribution in [3.05, 3.63) is 0 Å². The smallest absolute Gasteiger partial charge is 0.304 e. The first-order valence-corrected chi connectivity index (χ1v) is 7.36. The lowest BCUT2D eigenvalue weighted by Crippen LogP contribution is -2.50. The Kier molecular flexibility index (Phi) is 4.75. The monoisotopic (exact) mass is 282 g/mol. The number of carboxylic acids is 1. The van der Waals surface area contributed by atoms with Crippen LogP contribution in [0.15, 0.2) is 0 Å². The van der Waals surface area contributed by atoms with Crippen LogP contribution in [0.5, 0.6) is 0 Å². The van der Waals surface area contributed by atoms with E-state index in [0.29, 0.717) is 13.1 Å². The highest BCUT2D eigenvalue weighted by Crippen LogP contribution is 2.28. The maximum absolute atomic E-state index is 12.4. The number of aliphatic carboxylic acids is 1. The first kappa shape index (κ1) is 15.0. The molecule has 6 heteroatoms. The first-order valence-electron chi connectivity index (χ1n) is 7.36. The number of carbonyl (C=O) groups is 3. The van der Waals surface area contributed by atoms with Crippen LogP contribution in [-0.4, -0.2) is 57.9 Å². The number of hydrogen-bond donors (Lipinski definition) is 1. The Hall–Kier alpha value is -1.43. The van der Waals surface area contributed by atoms with Gasteiger partial charge in [0.05, 0.1) is 18.9 Å². The molecule has 2 fully saturated rings. The Morgan fingerprint density at radius 3 is 2.75 bits per heavy atom. The van der Waals surface area contributed by atoms with Crippen molar-refractivity contribution in [1.29, 1.82) is 0 Å². The summed E-state index contributed by atoms with van der Waals surface area (Å²) < 4.78 is 0. The average molecular weight is 282 g/mol. The average Bonchev–Trinajstić information content (AvgIpc) is 2.67. The largest absolute Gasteiger partial charge is 0.481 e. The van der Waals surface area contributed by atoms with Crippen LogP contribution in [0.25, 0.3) is 0 Å². The number of carboxylic acid groups (broad SMARTS) is 1. The zero-order valence-corrected chi connectivity index (χ0v) is 11.9. The molecule has 0 aromatic rings. The van der Waals surface area contributed by atoms with E-state index in [9.17, 15) is 14.4 Å². The molecule has 2 aliphatic heterocycles. The lowest BCUT2D eigenvalue weighted by molar-refractivity contribution is -0.143. The van der Waals surface area contributed by atoms with E-state index in [1.54, 1.807) is 0 Å². The summed E-state index contributed by atoms with van der Waals surface area (Å²) in [6, 6.07) is -0.566. The Morgan fingerprint density at radius 1 is 1.35 bits per heavy atom. The van der Waals surface area contributed by atoms with Gasteiger partial charge >= 0.3 is 5.97 Å². The molecule has 2 rings (SSSR count). The van der Waals surface area contributed by atoms with Gasteiger partial charge in [0.25, 0.3) is 0 Å². The second-order valence-electron chi connectivity index (χ2n) is 5.59. The van der Waals surface area contributed by atoms with E-state index < -0.39 is 12.0 Å². The molecule has 0 radical (unpaired) electrons. The van der Waals surface area contributed by atoms with E-state index >= 15 is 0 Å². The maximum atomic E-state index is 12.4. The standard InChI is InChI=1S/C14H22N2O4/c1-2-6-16-12(17)9-11(14(16)20)15-7-4-3-5-10(15)8-13(18)19/h10-11H,2-9H2,1H3,(H,18,19). The number of likely N-dealkylation sites (tertiary alicyclic amines) is 2. The van der Waals surface area contributed by atoms with Gasteiger partial charge in [-0.2, -0.15) is 0 Å². The van der Waals surface area contributed by atoms with E-state index in [4.69, 9.17) is 5.11 Å². The van der Waals surface area contributed by atoms with Gasteiger partial charge in [-0.15, -0.1) is 0 Å². The fraction of sp³-hybridized carbons (Fsp3) is 0.786. The minimum Gasteiger partial charge on any atom is -0.481 e. The van der Waals surface area contributed by atoms with Gasteiger partial charge in [-0.3, -0.25) is 24.2 Å². The van der Waals surface area contributed by atoms with Crippen LogP contribution in [0.3, 0.4) is 0 Å². The van der Waals surface area contributed by atoms with E-state index in [1.807, 2.05) is 11.8 Å². The van der Waals surface area contributed by atoms with Crippen LogP contribution < -0.4 is 0 Å². The second kappa shape index (κ2) is 6.35. The van der Waals surface area contributed by atoms with E-state index in [0.717, 1.165) is 25.7 Å². The van der Waals surface area contributed by atoms with E-state index in [-0.39, 0.29) is 30.7 Å². The van der Waals surface area contributed by atoms with Crippen molar-refractivity contribution in [3.8, 4) is 0 Å². The fourth-order valence-corrected chi connectivity index (χ4v) is 3.24. The molecule has 2 amide bonds. The Morgan fingerprint density at radius 2 is 2.10 bits per heavy atom. The molecular weight excluding hydrogens is 260 g/mol. The summed E-state index contributed by atoms with van der Waals surface area (Å²) in [6.07, 6.45) is 3.74. The zero-order valence-electron chi connectivity index (χ0n) is 11.9. The molecule has 112 valence electrons. The van der Waals surface area contributed by atoms with Crippen molar-refractivity contribution in [2.45, 2.75) is 57.5 Å². The van der Waals surface area contributed by atoms with Gasteiger partial charge < -0.3 is 5.11 Å². The summed E-state index contributed by atoms with van der Waals surface area (Å²) in [5.74, 6) is -1.11. The summed E-state index contributed by atoms with van der Waals surface area (Å²) in [5, 5.41) is 8.99. The van der Waals surface area contributed by atoms with Gasteiger partial charge in [-0.05, 0) is 25.8 Å². The number of rotatable bonds is 5. The van der Waals surface area contributed by atoms with Crippen molar-refractivity contribution in [2.75, 3.05) is 13.1 Å². The van der Waals surface area contributed by atoms with Crippen LogP contribution in [-0.2, 0) is 14.4 Å². The maximum Gasteiger partial charge on any atom is 0.304 e. The van der Waals surface area contributed by atoms with Gasteiger partial charge in [0.2, 0.25) is 11.8 Å². The van der Waals surface area contributed by atoms with Crippen molar-refractivity contribution >= 4 is 17.8 Å². The highest BCUT2D eigenvalue weighted by molar-refractivity contribution is 6.05. The minimum absolute atomic E-state index is 0.0474. The van der Waals surface area contributed by atoms with Crippen molar-refractivity contribution in [3.63, 3.8) is 0 Å². The molecule has 0 aromatic carbocycles. The number of hydrogen-bond acceptors (Lipinski definition) is 4. The molecule has 2 unspecified atom stereocenters. The zero-order chi connectivity index (χ0) is 14.7. The normalized spacial score (nSPS) is 28.1. The third-order valence-corrected chi connectivity index (χ3v) is 4.15. The lowest BCUT2D eigenvalue weighted by Gasteiger charge is -2.37. The van der Waals surface area contributed by atoms with E-state index in [2.05, 4.69) is 0 Å². The molecule has 2 saturated heterocycles. The lowest BCUT2D eigenvalue weighted by atomic mass is 9.96. The van der Waals surface area contributed by atoms with Gasteiger partial charge in [0.15, 0.2) is 0 Å². The molecule has 0 spiro atoms. The molecule has 0 saturated carbocycles. The van der Waals surface area contributed by atoms with E-state index in [1.165, 1.54) is 4.90 Å². The minimum atomic E-state index is -0.843. The second-order valence-corrected chi connectivity index (χ2v) is 5.59. The highest BCUT2D eigenvalue weighted by Gasteiger charge is 2.44. The number of amides is 2. The van der Waals surface area contributed by atoms with Gasteiger partial charge in [-0.25, -0.2) is 0 Å². The fourth-order valence-electron chi connectivity index (χ4n) is 3.24. The molecule has 2 heterocycles. The van der Waals surface area contributed by atoms with Crippen LogP contribution in [0, 0.1) is 0 Å². The quantitative estimate of drug-likeness (QED) is 0.756. The molecule has 2 aliphatic rings.